The highest BCUT2D eigenvalue weighted by Crippen LogP contribution is 2.42. The Labute approximate surface area is 216 Å². The molecule has 1 aliphatic heterocycles. The first kappa shape index (κ1) is 26.5. The minimum absolute atomic E-state index is 0.0100. The number of nitrogens with one attached hydrogen (secondary N) is 1. The maximum Gasteiger partial charge on any atom is 0.251 e. The summed E-state index contributed by atoms with van der Waals surface area (Å²) in [5, 5.41) is 42.4. The van der Waals surface area contributed by atoms with Gasteiger partial charge in [-0.3, -0.25) is 4.79 Å². The van der Waals surface area contributed by atoms with Gasteiger partial charge in [-0.05, 0) is 61.8 Å². The number of carbonyl (C=O) groups is 1. The van der Waals surface area contributed by atoms with E-state index < -0.39 is 28.5 Å². The number of hydrogen-bond donors (Lipinski definition) is 6. The van der Waals surface area contributed by atoms with Gasteiger partial charge in [0.15, 0.2) is 0 Å². The third-order valence-electron chi connectivity index (χ3n) is 6.05. The van der Waals surface area contributed by atoms with Crippen LogP contribution in [0.4, 0.5) is 15.2 Å². The Morgan fingerprint density at radius 3 is 2.67 bits per heavy atom. The Kier molecular flexibility index (Phi) is 7.42. The Morgan fingerprint density at radius 1 is 1.28 bits per heavy atom. The molecule has 11 heteroatoms. The van der Waals surface area contributed by atoms with Crippen LogP contribution in [0.15, 0.2) is 42.5 Å². The summed E-state index contributed by atoms with van der Waals surface area (Å²) in [5.41, 5.74) is 5.55. The lowest BCUT2D eigenvalue weighted by atomic mass is 9.92. The zero-order valence-electron chi connectivity index (χ0n) is 19.7. The van der Waals surface area contributed by atoms with Gasteiger partial charge in [0.25, 0.3) is 5.91 Å². The lowest BCUT2D eigenvalue weighted by molar-refractivity contribution is -0.107. The zero-order valence-corrected chi connectivity index (χ0v) is 21.4. The lowest BCUT2D eigenvalue weighted by Crippen LogP contribution is -2.34. The lowest BCUT2D eigenvalue weighted by Gasteiger charge is -2.34. The van der Waals surface area contributed by atoms with Crippen LogP contribution in [0.5, 0.6) is 0 Å². The molecule has 8 nitrogen and oxygen atoms in total. The first-order chi connectivity index (χ1) is 16.8. The molecule has 1 amide bonds. The van der Waals surface area contributed by atoms with Crippen LogP contribution in [0.1, 0.15) is 54.4 Å². The molecule has 0 bridgehead atoms. The molecule has 2 unspecified atom stereocenters. The van der Waals surface area contributed by atoms with Gasteiger partial charge < -0.3 is 31.5 Å². The third kappa shape index (κ3) is 5.88. The maximum atomic E-state index is 14.9. The van der Waals surface area contributed by atoms with E-state index in [1.54, 1.807) is 44.2 Å². The van der Waals surface area contributed by atoms with Crippen molar-refractivity contribution in [3.8, 4) is 10.4 Å². The first-order valence-corrected chi connectivity index (χ1v) is 13.1. The van der Waals surface area contributed by atoms with Crippen molar-refractivity contribution in [2.24, 2.45) is 11.7 Å². The van der Waals surface area contributed by atoms with E-state index in [0.717, 1.165) is 23.1 Å². The molecule has 1 aliphatic rings. The Bertz CT molecular complexity index is 1270. The number of aliphatic hydroxyl groups is 4. The number of thioether (sulfide) groups is 1. The predicted octanol–water partition coefficient (Wildman–Crippen LogP) is 3.83. The fourth-order valence-corrected chi connectivity index (χ4v) is 6.26. The monoisotopic (exact) mass is 533 g/mol. The van der Waals surface area contributed by atoms with E-state index in [0.29, 0.717) is 39.1 Å². The number of amides is 1. The van der Waals surface area contributed by atoms with Gasteiger partial charge in [0.1, 0.15) is 16.6 Å². The molecular weight excluding hydrogens is 505 g/mol. The largest absolute Gasteiger partial charge is 0.387 e. The van der Waals surface area contributed by atoms with Gasteiger partial charge in [0.05, 0.1) is 23.0 Å². The number of nitrogens with two attached hydrogens (primary N) is 1. The number of nitrogens with zero attached hydrogens (tertiary/aromatic N) is 1. The average molecular weight is 534 g/mol. The highest BCUT2D eigenvalue weighted by atomic mass is 32.2. The normalized spacial score (nSPS) is 18.6. The number of thiophene rings is 1. The number of rotatable bonds is 7. The number of halogens is 1. The minimum atomic E-state index is -1.88. The maximum absolute atomic E-state index is 14.9. The van der Waals surface area contributed by atoms with E-state index in [1.165, 1.54) is 12.1 Å². The summed E-state index contributed by atoms with van der Waals surface area (Å²) in [4.78, 5) is 17.0. The molecule has 0 radical (unpaired) electrons. The fraction of sp³-hybridized carbons (Fsp3) is 0.360. The molecule has 3 aromatic rings. The highest BCUT2D eigenvalue weighted by Gasteiger charge is 2.37. The number of aliphatic hydroxyl groups excluding tert-OH is 1. The number of aromatic nitrogens is 1. The molecule has 4 rings (SSSR count). The van der Waals surface area contributed by atoms with Crippen molar-refractivity contribution in [1.82, 2.24) is 4.98 Å². The molecule has 192 valence electrons. The van der Waals surface area contributed by atoms with Crippen molar-refractivity contribution in [3.05, 3.63) is 65.1 Å². The molecule has 1 fully saturated rings. The van der Waals surface area contributed by atoms with Crippen LogP contribution in [-0.2, 0) is 5.60 Å². The van der Waals surface area contributed by atoms with Crippen molar-refractivity contribution in [2.75, 3.05) is 11.1 Å². The van der Waals surface area contributed by atoms with E-state index in [9.17, 15) is 29.6 Å². The number of carbonyl (C=O) groups excluding carboxylic acids is 1. The fourth-order valence-electron chi connectivity index (χ4n) is 4.08. The number of anilines is 2. The average Bonchev–Trinajstić information content (AvgIpc) is 3.21. The Balaban J connectivity index is 1.61. The van der Waals surface area contributed by atoms with Crippen LogP contribution in [-0.4, -0.2) is 42.2 Å². The van der Waals surface area contributed by atoms with E-state index >= 15 is 0 Å². The van der Waals surface area contributed by atoms with Crippen LogP contribution >= 0.6 is 23.1 Å². The van der Waals surface area contributed by atoms with Crippen molar-refractivity contribution in [2.45, 2.75) is 43.5 Å². The molecule has 2 aromatic heterocycles. The summed E-state index contributed by atoms with van der Waals surface area (Å²) in [6.07, 6.45) is -0.397. The van der Waals surface area contributed by atoms with E-state index in [4.69, 9.17) is 5.73 Å². The number of hydrogen-bond acceptors (Lipinski definition) is 9. The van der Waals surface area contributed by atoms with Gasteiger partial charge >= 0.3 is 0 Å². The third-order valence-corrected chi connectivity index (χ3v) is 8.20. The minimum Gasteiger partial charge on any atom is -0.387 e. The Morgan fingerprint density at radius 2 is 2.03 bits per heavy atom. The van der Waals surface area contributed by atoms with E-state index in [1.807, 2.05) is 0 Å². The molecule has 0 saturated carbocycles. The van der Waals surface area contributed by atoms with Crippen LogP contribution in [0, 0.1) is 11.7 Å². The molecule has 0 aliphatic carbocycles. The standard InChI is InChI=1S/C25H28FN3O5S2/c1-24(2,32)14-6-7-15(17(26)10-14)19-11-16(22(27)31)23(36-19)29-20-5-3-4-18(28-20)21(30)13-8-9-35-25(33,34)12-13/h3-7,10-11,13,21,30,32-34H,8-9,12H2,1-2H3,(H2,27,31)(H,28,29). The number of pyridine rings is 1. The smallest absolute Gasteiger partial charge is 0.251 e. The van der Waals surface area contributed by atoms with Gasteiger partial charge in [0.2, 0.25) is 5.12 Å². The summed E-state index contributed by atoms with van der Waals surface area (Å²) in [7, 11) is 0. The van der Waals surface area contributed by atoms with Gasteiger partial charge in [-0.15, -0.1) is 11.3 Å². The predicted molar refractivity (Wildman–Crippen MR) is 138 cm³/mol. The second-order valence-electron chi connectivity index (χ2n) is 9.33. The van der Waals surface area contributed by atoms with Crippen molar-refractivity contribution >= 4 is 39.8 Å². The van der Waals surface area contributed by atoms with Gasteiger partial charge in [0, 0.05) is 16.9 Å². The summed E-state index contributed by atoms with van der Waals surface area (Å²) in [5.74, 6) is -0.791. The quantitative estimate of drug-likeness (QED) is 0.251. The number of primary amides is 1. The Hall–Kier alpha value is -2.54. The van der Waals surface area contributed by atoms with Crippen molar-refractivity contribution < 1.29 is 29.6 Å². The summed E-state index contributed by atoms with van der Waals surface area (Å²) in [6, 6.07) is 10.9. The van der Waals surface area contributed by atoms with Crippen molar-refractivity contribution in [1.29, 1.82) is 0 Å². The summed E-state index contributed by atoms with van der Waals surface area (Å²) >= 11 is 2.15. The highest BCUT2D eigenvalue weighted by molar-refractivity contribution is 8.00. The van der Waals surface area contributed by atoms with Crippen LogP contribution < -0.4 is 11.1 Å². The van der Waals surface area contributed by atoms with Crippen molar-refractivity contribution in [3.63, 3.8) is 0 Å². The van der Waals surface area contributed by atoms with Gasteiger partial charge in [-0.1, -0.05) is 30.0 Å². The van der Waals surface area contributed by atoms with Crippen LogP contribution in [0.3, 0.4) is 0 Å². The molecule has 2 atom stereocenters. The molecular formula is C25H28FN3O5S2. The van der Waals surface area contributed by atoms with Gasteiger partial charge in [-0.2, -0.15) is 0 Å². The topological polar surface area (TPSA) is 149 Å². The zero-order chi connectivity index (χ0) is 26.3. The summed E-state index contributed by atoms with van der Waals surface area (Å²) < 4.78 is 14.9. The second kappa shape index (κ2) is 10.1. The van der Waals surface area contributed by atoms with Crippen LogP contribution in [0.2, 0.25) is 0 Å². The first-order valence-electron chi connectivity index (χ1n) is 11.3. The molecule has 7 N–H and O–H groups in total. The molecule has 0 spiro atoms. The SMILES string of the molecule is CC(C)(O)c1ccc(-c2cc(C(N)=O)c(Nc3cccc(C(O)C4CCSC(O)(O)C4)n3)s2)c(F)c1. The molecule has 1 saturated heterocycles. The molecule has 3 heterocycles. The molecule has 1 aromatic carbocycles. The van der Waals surface area contributed by atoms with E-state index in [-0.39, 0.29) is 23.5 Å². The van der Waals surface area contributed by atoms with E-state index in [2.05, 4.69) is 10.3 Å². The second-order valence-corrected chi connectivity index (χ2v) is 11.7. The van der Waals surface area contributed by atoms with Crippen LogP contribution in [0.25, 0.3) is 10.4 Å². The summed E-state index contributed by atoms with van der Waals surface area (Å²) in [6.45, 7) is 3.13. The molecule has 36 heavy (non-hydrogen) atoms. The van der Waals surface area contributed by atoms with Gasteiger partial charge in [-0.25, -0.2) is 9.37 Å². The number of benzene rings is 1.